The van der Waals surface area contributed by atoms with Crippen LogP contribution in [-0.4, -0.2) is 121 Å². The fraction of sp³-hybridized carbons (Fsp3) is 0.857. The lowest BCUT2D eigenvalue weighted by molar-refractivity contribution is -0.137. The van der Waals surface area contributed by atoms with Gasteiger partial charge in [0.05, 0.1) is 0 Å². The maximum atomic E-state index is 12.0. The van der Waals surface area contributed by atoms with Gasteiger partial charge in [0.25, 0.3) is 12.9 Å². The fourth-order valence-corrected chi connectivity index (χ4v) is 4.04. The summed E-state index contributed by atoms with van der Waals surface area (Å²) in [6.07, 6.45) is 4.38. The Balaban J connectivity index is 0.00000125. The molecule has 0 saturated carbocycles. The molecule has 1 amide bonds. The molecule has 0 aliphatic carbocycles. The van der Waals surface area contributed by atoms with Gasteiger partial charge in [-0.1, -0.05) is 0 Å². The van der Waals surface area contributed by atoms with Crippen LogP contribution in [0.2, 0.25) is 0 Å². The third-order valence-electron chi connectivity index (χ3n) is 5.76. The van der Waals surface area contributed by atoms with Crippen molar-refractivity contribution in [1.29, 1.82) is 0 Å². The summed E-state index contributed by atoms with van der Waals surface area (Å²) in [5, 5.41) is 13.8. The molecule has 176 valence electrons. The molecule has 1 atom stereocenters. The summed E-state index contributed by atoms with van der Waals surface area (Å²) in [6.45, 7) is 10.6. The molecule has 2 fully saturated rings. The summed E-state index contributed by atoms with van der Waals surface area (Å²) >= 11 is 0. The van der Waals surface area contributed by atoms with Crippen LogP contribution in [0.1, 0.15) is 39.5 Å². The molecule has 2 aliphatic rings. The van der Waals surface area contributed by atoms with Crippen LogP contribution in [0.25, 0.3) is 0 Å². The van der Waals surface area contributed by atoms with Crippen molar-refractivity contribution in [3.63, 3.8) is 0 Å². The zero-order valence-electron chi connectivity index (χ0n) is 19.4. The summed E-state index contributed by atoms with van der Waals surface area (Å²) in [5.74, 6) is 1.01. The average Bonchev–Trinajstić information content (AvgIpc) is 2.69. The zero-order chi connectivity index (χ0) is 23.1. The van der Waals surface area contributed by atoms with Crippen LogP contribution in [0.4, 0.5) is 0 Å². The molecule has 0 bridgehead atoms. The lowest BCUT2D eigenvalue weighted by Gasteiger charge is -2.41. The van der Waals surface area contributed by atoms with E-state index in [9.17, 15) is 4.79 Å². The van der Waals surface area contributed by atoms with E-state index in [2.05, 4.69) is 54.6 Å². The highest BCUT2D eigenvalue weighted by molar-refractivity contribution is 5.77. The highest BCUT2D eigenvalue weighted by Gasteiger charge is 2.30. The third-order valence-corrected chi connectivity index (χ3v) is 5.76. The number of rotatable bonds is 7. The molecule has 0 aromatic heterocycles. The molecule has 2 N–H and O–H groups in total. The minimum atomic E-state index is -0.250. The second-order valence-corrected chi connectivity index (χ2v) is 8.57. The van der Waals surface area contributed by atoms with Crippen molar-refractivity contribution in [3.8, 4) is 0 Å². The maximum Gasteiger partial charge on any atom is 0.290 e. The maximum absolute atomic E-state index is 12.0. The van der Waals surface area contributed by atoms with Gasteiger partial charge in [-0.05, 0) is 73.3 Å². The van der Waals surface area contributed by atoms with E-state index in [1.54, 1.807) is 0 Å². The lowest BCUT2D eigenvalue weighted by atomic mass is 9.94. The number of likely N-dealkylation sites (tertiary alicyclic amines) is 2. The van der Waals surface area contributed by atoms with Gasteiger partial charge in [-0.2, -0.15) is 0 Å². The summed E-state index contributed by atoms with van der Waals surface area (Å²) in [7, 11) is 6.56. The van der Waals surface area contributed by atoms with Crippen LogP contribution >= 0.6 is 0 Å². The van der Waals surface area contributed by atoms with Crippen LogP contribution in [-0.2, 0) is 14.4 Å². The van der Waals surface area contributed by atoms with E-state index in [0.717, 1.165) is 38.5 Å². The van der Waals surface area contributed by atoms with Crippen molar-refractivity contribution in [2.45, 2.75) is 51.6 Å². The summed E-state index contributed by atoms with van der Waals surface area (Å²) < 4.78 is 0. The van der Waals surface area contributed by atoms with Gasteiger partial charge in [0.1, 0.15) is 0 Å². The molecular weight excluding hydrogens is 388 g/mol. The van der Waals surface area contributed by atoms with Crippen molar-refractivity contribution in [2.75, 3.05) is 60.4 Å². The number of carboxylic acid groups (broad SMARTS) is 2. The predicted molar refractivity (Wildman–Crippen MR) is 118 cm³/mol. The number of amides is 1. The third kappa shape index (κ3) is 11.5. The molecule has 0 aromatic rings. The second kappa shape index (κ2) is 16.0. The summed E-state index contributed by atoms with van der Waals surface area (Å²) in [6, 6.07) is 1.08. The molecule has 1 unspecified atom stereocenters. The van der Waals surface area contributed by atoms with Crippen LogP contribution in [0.15, 0.2) is 0 Å². The van der Waals surface area contributed by atoms with Gasteiger partial charge in [0.15, 0.2) is 0 Å². The van der Waals surface area contributed by atoms with Gasteiger partial charge >= 0.3 is 0 Å². The first kappa shape index (κ1) is 28.3. The molecule has 0 aromatic carbocycles. The SMILES string of the molecule is CC(C)N1CC(CN2CCC(N(C)CCN(C)C)CC2)CCC1=O.O=CO.O=CO. The molecule has 0 radical (unpaired) electrons. The molecular formula is C21H42N4O5. The number of likely N-dealkylation sites (N-methyl/N-ethyl adjacent to an activating group) is 2. The first-order valence-corrected chi connectivity index (χ1v) is 10.7. The van der Waals surface area contributed by atoms with Crippen LogP contribution < -0.4 is 0 Å². The van der Waals surface area contributed by atoms with Gasteiger partial charge in [0, 0.05) is 44.7 Å². The Hall–Kier alpha value is -1.71. The highest BCUT2D eigenvalue weighted by atomic mass is 16.3. The Kier molecular flexibility index (Phi) is 15.1. The molecule has 9 nitrogen and oxygen atoms in total. The Labute approximate surface area is 181 Å². The second-order valence-electron chi connectivity index (χ2n) is 8.57. The van der Waals surface area contributed by atoms with E-state index >= 15 is 0 Å². The molecule has 2 saturated heterocycles. The topological polar surface area (TPSA) is 105 Å². The molecule has 0 spiro atoms. The van der Waals surface area contributed by atoms with Crippen molar-refractivity contribution in [1.82, 2.24) is 19.6 Å². The lowest BCUT2D eigenvalue weighted by Crippen LogP contribution is -2.49. The fourth-order valence-electron chi connectivity index (χ4n) is 4.04. The Morgan fingerprint density at radius 3 is 2.03 bits per heavy atom. The van der Waals surface area contributed by atoms with Crippen molar-refractivity contribution in [2.24, 2.45) is 5.92 Å². The first-order valence-electron chi connectivity index (χ1n) is 10.7. The quantitative estimate of drug-likeness (QED) is 0.576. The predicted octanol–water partition coefficient (Wildman–Crippen LogP) is 0.993. The van der Waals surface area contributed by atoms with Crippen LogP contribution in [0, 0.1) is 5.92 Å². The largest absolute Gasteiger partial charge is 0.483 e. The van der Waals surface area contributed by atoms with E-state index in [-0.39, 0.29) is 12.9 Å². The van der Waals surface area contributed by atoms with E-state index in [1.165, 1.54) is 32.5 Å². The zero-order valence-corrected chi connectivity index (χ0v) is 19.4. The number of hydrogen-bond donors (Lipinski definition) is 2. The van der Waals surface area contributed by atoms with Gasteiger partial charge in [0.2, 0.25) is 5.91 Å². The van der Waals surface area contributed by atoms with E-state index in [1.807, 2.05) is 0 Å². The van der Waals surface area contributed by atoms with Crippen molar-refractivity contribution in [3.05, 3.63) is 0 Å². The monoisotopic (exact) mass is 430 g/mol. The van der Waals surface area contributed by atoms with Gasteiger partial charge in [-0.25, -0.2) is 0 Å². The molecule has 2 aliphatic heterocycles. The smallest absolute Gasteiger partial charge is 0.290 e. The van der Waals surface area contributed by atoms with Gasteiger partial charge in [-0.3, -0.25) is 14.4 Å². The summed E-state index contributed by atoms with van der Waals surface area (Å²) in [5.41, 5.74) is 0. The van der Waals surface area contributed by atoms with E-state index in [0.29, 0.717) is 17.9 Å². The van der Waals surface area contributed by atoms with Gasteiger partial charge in [-0.15, -0.1) is 0 Å². The van der Waals surface area contributed by atoms with Gasteiger partial charge < -0.3 is 29.8 Å². The number of hydrogen-bond acceptors (Lipinski definition) is 6. The number of piperidine rings is 2. The first-order chi connectivity index (χ1) is 14.2. The minimum Gasteiger partial charge on any atom is -0.483 e. The average molecular weight is 431 g/mol. The summed E-state index contributed by atoms with van der Waals surface area (Å²) in [4.78, 5) is 38.2. The van der Waals surface area contributed by atoms with E-state index < -0.39 is 0 Å². The van der Waals surface area contributed by atoms with Crippen molar-refractivity contribution < 1.29 is 24.6 Å². The number of carbonyl (C=O) groups is 3. The molecule has 2 heterocycles. The van der Waals surface area contributed by atoms with Crippen molar-refractivity contribution >= 4 is 18.9 Å². The molecule has 2 rings (SSSR count). The number of carbonyl (C=O) groups excluding carboxylic acids is 1. The molecule has 30 heavy (non-hydrogen) atoms. The number of nitrogens with zero attached hydrogens (tertiary/aromatic N) is 4. The van der Waals surface area contributed by atoms with Crippen LogP contribution in [0.5, 0.6) is 0 Å². The van der Waals surface area contributed by atoms with Crippen LogP contribution in [0.3, 0.4) is 0 Å². The normalized spacial score (nSPS) is 20.5. The Morgan fingerprint density at radius 1 is 1.03 bits per heavy atom. The Morgan fingerprint density at radius 2 is 1.57 bits per heavy atom. The Bertz CT molecular complexity index is 476. The van der Waals surface area contributed by atoms with E-state index in [4.69, 9.17) is 19.8 Å². The highest BCUT2D eigenvalue weighted by Crippen LogP contribution is 2.23. The molecule has 9 heteroatoms. The standard InChI is InChI=1S/C19H38N4O.2CH2O2/c1-16(2)23-15-17(6-7-19(23)24)14-22-10-8-18(9-11-22)21(5)13-12-20(3)4;2*2-1-3/h16-18H,6-15H2,1-5H3;2*1H,(H,2,3). The minimum absolute atomic E-state index is 0.250.